The molecule has 0 atom stereocenters. The van der Waals surface area contributed by atoms with E-state index in [0.29, 0.717) is 6.04 Å². The number of hydrogen-bond acceptors (Lipinski definition) is 2. The molecule has 2 amide bonds. The number of urea groups is 1. The van der Waals surface area contributed by atoms with Crippen molar-refractivity contribution >= 4 is 11.7 Å². The lowest BCUT2D eigenvalue weighted by Crippen LogP contribution is -2.36. The van der Waals surface area contributed by atoms with Gasteiger partial charge in [-0.05, 0) is 43.2 Å². The fourth-order valence-electron chi connectivity index (χ4n) is 2.54. The zero-order valence-corrected chi connectivity index (χ0v) is 11.2. The highest BCUT2D eigenvalue weighted by molar-refractivity contribution is 5.89. The number of benzene rings is 1. The Labute approximate surface area is 118 Å². The van der Waals surface area contributed by atoms with Crippen LogP contribution in [0.2, 0.25) is 0 Å². The molecule has 2 N–H and O–H groups in total. The van der Waals surface area contributed by atoms with Gasteiger partial charge in [0.1, 0.15) is 0 Å². The van der Waals surface area contributed by atoms with Crippen molar-refractivity contribution in [3.8, 4) is 5.69 Å². The van der Waals surface area contributed by atoms with E-state index in [4.69, 9.17) is 0 Å². The lowest BCUT2D eigenvalue weighted by Gasteiger charge is -2.13. The van der Waals surface area contributed by atoms with Gasteiger partial charge in [-0.1, -0.05) is 12.8 Å². The topological polar surface area (TPSA) is 59.0 Å². The highest BCUT2D eigenvalue weighted by atomic mass is 16.2. The lowest BCUT2D eigenvalue weighted by atomic mass is 10.2. The highest BCUT2D eigenvalue weighted by Crippen LogP contribution is 2.18. The van der Waals surface area contributed by atoms with E-state index in [1.165, 1.54) is 12.8 Å². The second-order valence-electron chi connectivity index (χ2n) is 5.08. The molecule has 1 fully saturated rings. The predicted octanol–water partition coefficient (Wildman–Crippen LogP) is 2.94. The zero-order chi connectivity index (χ0) is 13.8. The molecule has 1 saturated carbocycles. The van der Waals surface area contributed by atoms with Crippen molar-refractivity contribution in [3.63, 3.8) is 0 Å². The number of rotatable bonds is 3. The van der Waals surface area contributed by atoms with Crippen LogP contribution in [0.4, 0.5) is 10.5 Å². The van der Waals surface area contributed by atoms with E-state index in [9.17, 15) is 4.79 Å². The highest BCUT2D eigenvalue weighted by Gasteiger charge is 2.16. The Kier molecular flexibility index (Phi) is 3.67. The smallest absolute Gasteiger partial charge is 0.319 e. The number of amides is 2. The summed E-state index contributed by atoms with van der Waals surface area (Å²) in [6.45, 7) is 0. The molecule has 0 saturated heterocycles. The average molecular weight is 270 g/mol. The first kappa shape index (κ1) is 12.7. The second-order valence-corrected chi connectivity index (χ2v) is 5.08. The van der Waals surface area contributed by atoms with Crippen LogP contribution < -0.4 is 10.6 Å². The van der Waals surface area contributed by atoms with Crippen LogP contribution >= 0.6 is 0 Å². The van der Waals surface area contributed by atoms with Crippen molar-refractivity contribution in [3.05, 3.63) is 42.7 Å². The fourth-order valence-corrected chi connectivity index (χ4v) is 2.54. The Morgan fingerprint density at radius 3 is 2.60 bits per heavy atom. The number of aromatic nitrogens is 2. The third-order valence-corrected chi connectivity index (χ3v) is 3.58. The number of nitrogens with one attached hydrogen (secondary N) is 2. The van der Waals surface area contributed by atoms with Gasteiger partial charge in [-0.25, -0.2) is 9.48 Å². The molecule has 0 bridgehead atoms. The van der Waals surface area contributed by atoms with Gasteiger partial charge in [-0.15, -0.1) is 0 Å². The average Bonchev–Trinajstić information content (AvgIpc) is 3.12. The first-order chi connectivity index (χ1) is 9.81. The minimum atomic E-state index is -0.122. The first-order valence-electron chi connectivity index (χ1n) is 6.99. The summed E-state index contributed by atoms with van der Waals surface area (Å²) in [6.07, 6.45) is 8.22. The molecule has 1 aromatic heterocycles. The molecule has 5 nitrogen and oxygen atoms in total. The molecule has 104 valence electrons. The Hall–Kier alpha value is -2.30. The summed E-state index contributed by atoms with van der Waals surface area (Å²) in [5.41, 5.74) is 1.76. The Morgan fingerprint density at radius 1 is 1.20 bits per heavy atom. The maximum Gasteiger partial charge on any atom is 0.319 e. The largest absolute Gasteiger partial charge is 0.335 e. The van der Waals surface area contributed by atoms with E-state index in [1.807, 2.05) is 36.5 Å². The molecule has 1 heterocycles. The van der Waals surface area contributed by atoms with Gasteiger partial charge in [0.05, 0.1) is 5.69 Å². The van der Waals surface area contributed by atoms with Gasteiger partial charge in [-0.3, -0.25) is 0 Å². The molecule has 0 unspecified atom stereocenters. The van der Waals surface area contributed by atoms with Crippen LogP contribution in [0.3, 0.4) is 0 Å². The van der Waals surface area contributed by atoms with E-state index >= 15 is 0 Å². The van der Waals surface area contributed by atoms with E-state index < -0.39 is 0 Å². The molecule has 0 aliphatic heterocycles. The fraction of sp³-hybridized carbons (Fsp3) is 0.333. The molecule has 1 aliphatic rings. The van der Waals surface area contributed by atoms with E-state index in [0.717, 1.165) is 24.2 Å². The molecular formula is C15H18N4O. The molecule has 2 aromatic rings. The minimum Gasteiger partial charge on any atom is -0.335 e. The Balaban J connectivity index is 1.59. The molecule has 3 rings (SSSR count). The summed E-state index contributed by atoms with van der Waals surface area (Å²) in [5, 5.41) is 10.0. The molecule has 1 aromatic carbocycles. The third-order valence-electron chi connectivity index (χ3n) is 3.58. The first-order valence-corrected chi connectivity index (χ1v) is 6.99. The minimum absolute atomic E-state index is 0.122. The monoisotopic (exact) mass is 270 g/mol. The normalized spacial score (nSPS) is 15.2. The van der Waals surface area contributed by atoms with Crippen molar-refractivity contribution in [1.82, 2.24) is 15.1 Å². The van der Waals surface area contributed by atoms with Crippen molar-refractivity contribution < 1.29 is 4.79 Å². The van der Waals surface area contributed by atoms with E-state index in [1.54, 1.807) is 10.9 Å². The summed E-state index contributed by atoms with van der Waals surface area (Å²) in [5.74, 6) is 0. The molecule has 0 spiro atoms. The summed E-state index contributed by atoms with van der Waals surface area (Å²) >= 11 is 0. The van der Waals surface area contributed by atoms with Gasteiger partial charge < -0.3 is 10.6 Å². The zero-order valence-electron chi connectivity index (χ0n) is 11.2. The van der Waals surface area contributed by atoms with E-state index in [-0.39, 0.29) is 6.03 Å². The molecule has 1 aliphatic carbocycles. The van der Waals surface area contributed by atoms with Crippen LogP contribution in [0.5, 0.6) is 0 Å². The standard InChI is InChI=1S/C15H18N4O/c20-15(17-12-4-1-2-5-12)18-13-6-8-14(9-7-13)19-11-3-10-16-19/h3,6-12H,1-2,4-5H2,(H2,17,18,20). The molecule has 0 radical (unpaired) electrons. The number of carbonyl (C=O) groups is 1. The van der Waals surface area contributed by atoms with Gasteiger partial charge >= 0.3 is 6.03 Å². The van der Waals surface area contributed by atoms with Crippen LogP contribution in [0, 0.1) is 0 Å². The van der Waals surface area contributed by atoms with Crippen molar-refractivity contribution in [2.45, 2.75) is 31.7 Å². The maximum absolute atomic E-state index is 11.8. The van der Waals surface area contributed by atoms with Gasteiger partial charge in [-0.2, -0.15) is 5.10 Å². The van der Waals surface area contributed by atoms with Gasteiger partial charge in [0.25, 0.3) is 0 Å². The summed E-state index contributed by atoms with van der Waals surface area (Å²) in [4.78, 5) is 11.8. The van der Waals surface area contributed by atoms with Gasteiger partial charge in [0.15, 0.2) is 0 Å². The Morgan fingerprint density at radius 2 is 1.95 bits per heavy atom. The third kappa shape index (κ3) is 2.99. The van der Waals surface area contributed by atoms with Crippen molar-refractivity contribution in [2.24, 2.45) is 0 Å². The van der Waals surface area contributed by atoms with Crippen LogP contribution in [0.25, 0.3) is 5.69 Å². The quantitative estimate of drug-likeness (QED) is 0.901. The van der Waals surface area contributed by atoms with Crippen LogP contribution in [-0.4, -0.2) is 21.9 Å². The summed E-state index contributed by atoms with van der Waals surface area (Å²) in [7, 11) is 0. The van der Waals surface area contributed by atoms with Gasteiger partial charge in [0, 0.05) is 24.1 Å². The maximum atomic E-state index is 11.8. The number of hydrogen-bond donors (Lipinski definition) is 2. The van der Waals surface area contributed by atoms with E-state index in [2.05, 4.69) is 15.7 Å². The van der Waals surface area contributed by atoms with Crippen LogP contribution in [-0.2, 0) is 0 Å². The number of anilines is 1. The number of carbonyl (C=O) groups excluding carboxylic acids is 1. The van der Waals surface area contributed by atoms with Crippen LogP contribution in [0.1, 0.15) is 25.7 Å². The SMILES string of the molecule is O=C(Nc1ccc(-n2cccn2)cc1)NC1CCCC1. The van der Waals surface area contributed by atoms with Gasteiger partial charge in [0.2, 0.25) is 0 Å². The summed E-state index contributed by atoms with van der Waals surface area (Å²) < 4.78 is 1.78. The Bertz CT molecular complexity index is 556. The van der Waals surface area contributed by atoms with Crippen molar-refractivity contribution in [1.29, 1.82) is 0 Å². The van der Waals surface area contributed by atoms with Crippen molar-refractivity contribution in [2.75, 3.05) is 5.32 Å². The molecule has 5 heteroatoms. The number of nitrogens with zero attached hydrogens (tertiary/aromatic N) is 2. The predicted molar refractivity (Wildman–Crippen MR) is 78.0 cm³/mol. The lowest BCUT2D eigenvalue weighted by molar-refractivity contribution is 0.248. The summed E-state index contributed by atoms with van der Waals surface area (Å²) in [6, 6.07) is 9.70. The molecular weight excluding hydrogens is 252 g/mol. The van der Waals surface area contributed by atoms with Crippen LogP contribution in [0.15, 0.2) is 42.7 Å². The molecule has 20 heavy (non-hydrogen) atoms. The second kappa shape index (κ2) is 5.77.